The number of hydrogen-bond acceptors (Lipinski definition) is 9. The fourth-order valence-corrected chi connectivity index (χ4v) is 9.37. The van der Waals surface area contributed by atoms with Gasteiger partial charge in [0, 0.05) is 23.4 Å². The van der Waals surface area contributed by atoms with E-state index in [-0.39, 0.29) is 31.7 Å². The van der Waals surface area contributed by atoms with E-state index in [1.165, 1.54) is 11.0 Å². The first-order chi connectivity index (χ1) is 27.8. The molecule has 5 atom stereocenters. The van der Waals surface area contributed by atoms with Gasteiger partial charge in [0.15, 0.2) is 0 Å². The van der Waals surface area contributed by atoms with Gasteiger partial charge in [-0.05, 0) is 72.8 Å². The van der Waals surface area contributed by atoms with E-state index in [1.54, 1.807) is 26.8 Å². The first-order valence-electron chi connectivity index (χ1n) is 20.2. The fraction of sp³-hybridized carbons (Fsp3) is 0.477. The Morgan fingerprint density at radius 1 is 1.03 bits per heavy atom. The van der Waals surface area contributed by atoms with Crippen LogP contribution in [0.4, 0.5) is 4.79 Å². The summed E-state index contributed by atoms with van der Waals surface area (Å²) >= 11 is 0. The highest BCUT2D eigenvalue weighted by atomic mass is 32.2. The van der Waals surface area contributed by atoms with Gasteiger partial charge in [0.1, 0.15) is 29.4 Å². The van der Waals surface area contributed by atoms with Crippen molar-refractivity contribution in [1.82, 2.24) is 24.8 Å². The number of amides is 4. The molecule has 1 aromatic heterocycles. The molecule has 2 aliphatic carbocycles. The number of benzene rings is 2. The Labute approximate surface area is 344 Å². The van der Waals surface area contributed by atoms with Crippen molar-refractivity contribution in [3.63, 3.8) is 0 Å². The quantitative estimate of drug-likeness (QED) is 0.208. The molecule has 2 aliphatic heterocycles. The minimum absolute atomic E-state index is 0.0778. The van der Waals surface area contributed by atoms with E-state index in [9.17, 15) is 32.4 Å². The molecule has 3 aromatic rings. The predicted octanol–water partition coefficient (Wildman–Crippen LogP) is 5.40. The lowest BCUT2D eigenvalue weighted by atomic mass is 9.85. The van der Waals surface area contributed by atoms with Crippen molar-refractivity contribution in [1.29, 1.82) is 0 Å². The monoisotopic (exact) mass is 827 g/mol. The van der Waals surface area contributed by atoms with Crippen molar-refractivity contribution in [2.24, 2.45) is 16.7 Å². The lowest BCUT2D eigenvalue weighted by Gasteiger charge is -2.35. The topological polar surface area (TPSA) is 182 Å². The van der Waals surface area contributed by atoms with Gasteiger partial charge in [0.25, 0.3) is 5.91 Å². The van der Waals surface area contributed by atoms with Gasteiger partial charge in [-0.15, -0.1) is 6.58 Å². The summed E-state index contributed by atoms with van der Waals surface area (Å²) in [6.45, 7) is 12.9. The van der Waals surface area contributed by atoms with Crippen LogP contribution in [0.25, 0.3) is 22.7 Å². The SMILES string of the molecule is C=C[C@H]1C[C@]1(NC(=O)[C@@H]1C[C@@H]2CN1C(=O)[C@H](C(C)(C)C)NC(=O)OCC(C)(C)CC/C=C/c1cccc3c1cc(n3-c1ccccc1)C(=O)O2)C(=O)NS(=O)(=O)C1CC1. The molecule has 3 heterocycles. The summed E-state index contributed by atoms with van der Waals surface area (Å²) in [7, 11) is -3.94. The van der Waals surface area contributed by atoms with Crippen LogP contribution < -0.4 is 15.4 Å². The van der Waals surface area contributed by atoms with Gasteiger partial charge >= 0.3 is 12.1 Å². The summed E-state index contributed by atoms with van der Waals surface area (Å²) in [5.74, 6) is -3.50. The Balaban J connectivity index is 1.26. The summed E-state index contributed by atoms with van der Waals surface area (Å²) in [4.78, 5) is 71.8. The number of hydrogen-bond donors (Lipinski definition) is 3. The maximum atomic E-state index is 14.7. The van der Waals surface area contributed by atoms with Crippen LogP contribution in [0.5, 0.6) is 0 Å². The Morgan fingerprint density at radius 2 is 1.76 bits per heavy atom. The van der Waals surface area contributed by atoms with Crippen molar-refractivity contribution < 1.29 is 41.9 Å². The normalized spacial score (nSPS) is 26.9. The van der Waals surface area contributed by atoms with Crippen molar-refractivity contribution >= 4 is 56.8 Å². The molecule has 14 nitrogen and oxygen atoms in total. The molecule has 3 N–H and O–H groups in total. The summed E-state index contributed by atoms with van der Waals surface area (Å²) in [6, 6.07) is 14.5. The van der Waals surface area contributed by atoms with E-state index in [4.69, 9.17) is 9.47 Å². The Morgan fingerprint density at radius 3 is 2.42 bits per heavy atom. The van der Waals surface area contributed by atoms with Crippen molar-refractivity contribution in [3.8, 4) is 5.69 Å². The van der Waals surface area contributed by atoms with E-state index in [0.717, 1.165) is 22.2 Å². The number of nitrogens with one attached hydrogen (secondary N) is 3. The van der Waals surface area contributed by atoms with Gasteiger partial charge in [-0.3, -0.25) is 19.1 Å². The third-order valence-electron chi connectivity index (χ3n) is 11.7. The van der Waals surface area contributed by atoms with Gasteiger partial charge in [0.05, 0.1) is 23.9 Å². The molecule has 0 radical (unpaired) electrons. The average Bonchev–Trinajstić information content (AvgIpc) is 4.08. The molecule has 0 spiro atoms. The number of carbonyl (C=O) groups is 5. The molecule has 2 saturated carbocycles. The number of fused-ring (bicyclic) bond motifs is 3. The molecule has 7 rings (SSSR count). The second kappa shape index (κ2) is 15.6. The molecule has 2 aromatic carbocycles. The third-order valence-corrected chi connectivity index (χ3v) is 13.5. The predicted molar refractivity (Wildman–Crippen MR) is 222 cm³/mol. The van der Waals surface area contributed by atoms with E-state index >= 15 is 0 Å². The minimum atomic E-state index is -3.94. The molecule has 314 valence electrons. The molecule has 4 bridgehead atoms. The van der Waals surface area contributed by atoms with E-state index in [2.05, 4.69) is 28.0 Å². The Kier molecular flexibility index (Phi) is 11.0. The van der Waals surface area contributed by atoms with Crippen molar-refractivity contribution in [2.75, 3.05) is 13.2 Å². The van der Waals surface area contributed by atoms with Gasteiger partial charge in [-0.2, -0.15) is 0 Å². The molecule has 15 heteroatoms. The minimum Gasteiger partial charge on any atom is -0.456 e. The zero-order valence-electron chi connectivity index (χ0n) is 34.2. The van der Waals surface area contributed by atoms with Crippen LogP contribution in [0.15, 0.2) is 73.3 Å². The van der Waals surface area contributed by atoms with E-state index in [1.807, 2.05) is 73.0 Å². The standard InChI is InChI=1S/C44H53N5O9S/c1-7-28-24-44(28,40(53)47-59(55,56)31-19-20-31)46-37(50)34-22-30-25-48(34)38(51)36(42(2,3)4)45-41(54)57-26-43(5,6)21-12-11-14-27-15-13-18-33-32(27)23-35(39(52)58-30)49(33)29-16-9-8-10-17-29/h7-11,13-18,23,28,30-31,34,36H,1,12,19-22,24-26H2,2-6H3,(H,45,54)(H,46,50)(H,47,53)/b14-11+/t28-,30+,34-,36+,44+/m0/s1. The Bertz CT molecular complexity index is 2330. The maximum absolute atomic E-state index is 14.7. The van der Waals surface area contributed by atoms with Gasteiger partial charge in [-0.25, -0.2) is 18.0 Å². The summed E-state index contributed by atoms with van der Waals surface area (Å²) < 4.78 is 41.4. The zero-order chi connectivity index (χ0) is 42.5. The number of carbonyl (C=O) groups excluding carboxylic acids is 5. The highest BCUT2D eigenvalue weighted by Gasteiger charge is 2.62. The number of allylic oxidation sites excluding steroid dienone is 1. The molecule has 3 fully saturated rings. The first-order valence-corrected chi connectivity index (χ1v) is 21.7. The third kappa shape index (κ3) is 8.66. The van der Waals surface area contributed by atoms with Crippen LogP contribution in [-0.2, 0) is 33.9 Å². The van der Waals surface area contributed by atoms with Crippen molar-refractivity contribution in [2.45, 2.75) is 102 Å². The van der Waals surface area contributed by atoms with Crippen LogP contribution >= 0.6 is 0 Å². The number of esters is 1. The lowest BCUT2D eigenvalue weighted by Crippen LogP contribution is -2.60. The highest BCUT2D eigenvalue weighted by molar-refractivity contribution is 7.91. The van der Waals surface area contributed by atoms with Gasteiger partial charge in [0.2, 0.25) is 21.8 Å². The molecule has 4 aliphatic rings. The van der Waals surface area contributed by atoms with Crippen LogP contribution in [0.1, 0.15) is 89.2 Å². The van der Waals surface area contributed by atoms with Crippen LogP contribution in [0.3, 0.4) is 0 Å². The zero-order valence-corrected chi connectivity index (χ0v) is 35.0. The van der Waals surface area contributed by atoms with Crippen LogP contribution in [-0.4, -0.2) is 89.8 Å². The van der Waals surface area contributed by atoms with E-state index in [0.29, 0.717) is 25.7 Å². The number of nitrogens with zero attached hydrogens (tertiary/aromatic N) is 2. The molecular formula is C44H53N5O9S. The van der Waals surface area contributed by atoms with Crippen LogP contribution in [0, 0.1) is 16.7 Å². The average molecular weight is 828 g/mol. The summed E-state index contributed by atoms with van der Waals surface area (Å²) in [5, 5.41) is 5.65. The summed E-state index contributed by atoms with van der Waals surface area (Å²) in [6.07, 6.45) is 5.94. The molecule has 59 heavy (non-hydrogen) atoms. The molecule has 1 saturated heterocycles. The second-order valence-corrected chi connectivity index (χ2v) is 20.0. The number of ether oxygens (including phenoxy) is 2. The highest BCUT2D eigenvalue weighted by Crippen LogP contribution is 2.45. The fourth-order valence-electron chi connectivity index (χ4n) is 8.00. The number of para-hydroxylation sites is 1. The van der Waals surface area contributed by atoms with E-state index < -0.39 is 85.5 Å². The Hall–Kier alpha value is -5.44. The molecule has 4 amide bonds. The largest absolute Gasteiger partial charge is 0.456 e. The van der Waals surface area contributed by atoms with Gasteiger partial charge in [-0.1, -0.05) is 83.2 Å². The number of alkyl carbamates (subject to hydrolysis) is 1. The number of aromatic nitrogens is 1. The van der Waals surface area contributed by atoms with Crippen molar-refractivity contribution in [3.05, 3.63) is 84.6 Å². The smallest absolute Gasteiger partial charge is 0.407 e. The maximum Gasteiger partial charge on any atom is 0.407 e. The van der Waals surface area contributed by atoms with Gasteiger partial charge < -0.3 is 29.6 Å². The number of cyclic esters (lactones) is 1. The first kappa shape index (κ1) is 41.7. The molecular weight excluding hydrogens is 775 g/mol. The molecule has 0 unspecified atom stereocenters. The van der Waals surface area contributed by atoms with Crippen LogP contribution in [0.2, 0.25) is 0 Å². The summed E-state index contributed by atoms with van der Waals surface area (Å²) in [5.41, 5.74) is -0.275. The second-order valence-electron chi connectivity index (χ2n) is 18.1. The lowest BCUT2D eigenvalue weighted by molar-refractivity contribution is -0.143. The number of rotatable bonds is 7. The number of sulfonamides is 1.